The maximum Gasteiger partial charge on any atom is 0.363 e. The lowest BCUT2D eigenvalue weighted by Crippen LogP contribution is -2.28. The maximum atomic E-state index is 11.7. The van der Waals surface area contributed by atoms with Crippen molar-refractivity contribution >= 4 is 11.6 Å². The molecule has 0 aliphatic rings. The first-order valence-electron chi connectivity index (χ1n) is 5.22. The van der Waals surface area contributed by atoms with Crippen LogP contribution in [0.3, 0.4) is 0 Å². The van der Waals surface area contributed by atoms with E-state index in [9.17, 15) is 4.79 Å². The molecule has 0 spiro atoms. The van der Waals surface area contributed by atoms with Crippen LogP contribution in [-0.4, -0.2) is 25.2 Å². The highest BCUT2D eigenvalue weighted by Crippen LogP contribution is 2.12. The second-order valence-electron chi connectivity index (χ2n) is 3.79. The number of hydrogen-bond donors (Lipinski definition) is 0. The molecule has 0 bridgehead atoms. The molecule has 15 heavy (non-hydrogen) atoms. The first-order valence-corrected chi connectivity index (χ1v) is 5.66. The molecule has 0 radical (unpaired) electrons. The Morgan fingerprint density at radius 1 is 1.40 bits per heavy atom. The van der Waals surface area contributed by atoms with Crippen molar-refractivity contribution in [1.82, 2.24) is 19.8 Å². The van der Waals surface area contributed by atoms with Crippen molar-refractivity contribution in [3.63, 3.8) is 0 Å². The van der Waals surface area contributed by atoms with Gasteiger partial charge in [-0.3, -0.25) is 0 Å². The topological polar surface area (TPSA) is 52.7 Å². The van der Waals surface area contributed by atoms with E-state index in [2.05, 4.69) is 10.4 Å². The molecule has 86 valence electrons. The molecular weight excluding hydrogens is 216 g/mol. The molecule has 5 nitrogen and oxygen atoms in total. The van der Waals surface area contributed by atoms with Crippen LogP contribution in [0.4, 0.5) is 0 Å². The fourth-order valence-electron chi connectivity index (χ4n) is 1.48. The first-order chi connectivity index (χ1) is 7.06. The Balaban J connectivity index is 2.81. The van der Waals surface area contributed by atoms with E-state index in [1.807, 2.05) is 20.8 Å². The highest BCUT2D eigenvalue weighted by Gasteiger charge is 2.14. The largest absolute Gasteiger partial charge is 0.363 e. The predicted molar refractivity (Wildman–Crippen MR) is 59.2 cm³/mol. The Morgan fingerprint density at radius 2 is 2.07 bits per heavy atom. The molecule has 6 heteroatoms. The standard InChI is InChI=1S/C9H17ClN4O/c1-4-5-13-9(15)14(12-11-13)8(3)6-7(2)10/h7-8H,4-6H2,1-3H3. The van der Waals surface area contributed by atoms with E-state index in [0.29, 0.717) is 13.0 Å². The Labute approximate surface area is 94.0 Å². The molecule has 0 aliphatic carbocycles. The van der Waals surface area contributed by atoms with Gasteiger partial charge in [0.25, 0.3) is 0 Å². The van der Waals surface area contributed by atoms with Crippen molar-refractivity contribution in [2.75, 3.05) is 0 Å². The van der Waals surface area contributed by atoms with Crippen LogP contribution in [0.15, 0.2) is 4.79 Å². The van der Waals surface area contributed by atoms with Crippen LogP contribution < -0.4 is 5.69 Å². The lowest BCUT2D eigenvalue weighted by Gasteiger charge is -2.10. The van der Waals surface area contributed by atoms with E-state index in [-0.39, 0.29) is 17.1 Å². The summed E-state index contributed by atoms with van der Waals surface area (Å²) in [5, 5.41) is 7.68. The second kappa shape index (κ2) is 5.30. The van der Waals surface area contributed by atoms with Gasteiger partial charge in [-0.05, 0) is 37.1 Å². The Morgan fingerprint density at radius 3 is 2.60 bits per heavy atom. The zero-order valence-corrected chi connectivity index (χ0v) is 10.1. The van der Waals surface area contributed by atoms with Crippen molar-refractivity contribution < 1.29 is 0 Å². The Hall–Kier alpha value is -0.840. The number of rotatable bonds is 5. The molecule has 0 saturated heterocycles. The molecule has 1 aromatic rings. The summed E-state index contributed by atoms with van der Waals surface area (Å²) in [6, 6.07) is -0.00407. The number of halogens is 1. The van der Waals surface area contributed by atoms with Gasteiger partial charge in [-0.15, -0.1) is 11.6 Å². The monoisotopic (exact) mass is 232 g/mol. The van der Waals surface area contributed by atoms with Crippen molar-refractivity contribution in [3.05, 3.63) is 10.5 Å². The van der Waals surface area contributed by atoms with E-state index >= 15 is 0 Å². The van der Waals surface area contributed by atoms with E-state index in [1.54, 1.807) is 0 Å². The zero-order chi connectivity index (χ0) is 11.4. The van der Waals surface area contributed by atoms with Crippen molar-refractivity contribution in [2.24, 2.45) is 0 Å². The number of tetrazole rings is 1. The molecule has 1 rings (SSSR count). The van der Waals surface area contributed by atoms with Gasteiger partial charge in [-0.2, -0.15) is 9.36 Å². The summed E-state index contributed by atoms with van der Waals surface area (Å²) >= 11 is 5.87. The van der Waals surface area contributed by atoms with E-state index in [0.717, 1.165) is 6.42 Å². The molecular formula is C9H17ClN4O. The molecule has 2 atom stereocenters. The van der Waals surface area contributed by atoms with E-state index in [1.165, 1.54) is 9.36 Å². The van der Waals surface area contributed by atoms with Crippen molar-refractivity contribution in [2.45, 2.75) is 51.6 Å². The summed E-state index contributed by atoms with van der Waals surface area (Å²) in [5.41, 5.74) is -0.151. The van der Waals surface area contributed by atoms with Crippen LogP contribution >= 0.6 is 11.6 Å². The highest BCUT2D eigenvalue weighted by molar-refractivity contribution is 6.20. The van der Waals surface area contributed by atoms with Crippen LogP contribution in [0.25, 0.3) is 0 Å². The molecule has 0 amide bonds. The predicted octanol–water partition coefficient (Wildman–Crippen LogP) is 1.43. The molecule has 1 aromatic heterocycles. The smallest absolute Gasteiger partial charge is 0.244 e. The molecule has 1 heterocycles. The summed E-state index contributed by atoms with van der Waals surface area (Å²) in [7, 11) is 0. The van der Waals surface area contributed by atoms with Crippen LogP contribution in [0.2, 0.25) is 0 Å². The van der Waals surface area contributed by atoms with Gasteiger partial charge in [0.15, 0.2) is 0 Å². The van der Waals surface area contributed by atoms with E-state index < -0.39 is 0 Å². The number of alkyl halides is 1. The van der Waals surface area contributed by atoms with Gasteiger partial charge < -0.3 is 0 Å². The normalized spacial score (nSPS) is 15.2. The number of aryl methyl sites for hydroxylation is 1. The minimum Gasteiger partial charge on any atom is -0.244 e. The minimum absolute atomic E-state index is 0.00407. The summed E-state index contributed by atoms with van der Waals surface area (Å²) in [6.45, 7) is 6.43. The third-order valence-corrected chi connectivity index (χ3v) is 2.36. The molecule has 0 aliphatic heterocycles. The summed E-state index contributed by atoms with van der Waals surface area (Å²) in [6.07, 6.45) is 1.59. The average molecular weight is 233 g/mol. The van der Waals surface area contributed by atoms with Crippen LogP contribution in [0, 0.1) is 0 Å². The van der Waals surface area contributed by atoms with Crippen LogP contribution in [0.5, 0.6) is 0 Å². The number of nitrogens with zero attached hydrogens (tertiary/aromatic N) is 4. The highest BCUT2D eigenvalue weighted by atomic mass is 35.5. The van der Waals surface area contributed by atoms with Crippen LogP contribution in [-0.2, 0) is 6.54 Å². The maximum absolute atomic E-state index is 11.7. The molecule has 0 N–H and O–H groups in total. The number of hydrogen-bond acceptors (Lipinski definition) is 3. The Bertz CT molecular complexity index is 357. The van der Waals surface area contributed by atoms with Crippen molar-refractivity contribution in [3.8, 4) is 0 Å². The van der Waals surface area contributed by atoms with Gasteiger partial charge in [0, 0.05) is 11.9 Å². The first kappa shape index (κ1) is 12.2. The second-order valence-corrected chi connectivity index (χ2v) is 4.54. The van der Waals surface area contributed by atoms with Gasteiger partial charge in [0.05, 0.1) is 6.04 Å². The summed E-state index contributed by atoms with van der Waals surface area (Å²) in [5.74, 6) is 0. The third kappa shape index (κ3) is 3.06. The number of aromatic nitrogens is 4. The molecule has 0 fully saturated rings. The molecule has 2 unspecified atom stereocenters. The average Bonchev–Trinajstić information content (AvgIpc) is 2.48. The van der Waals surface area contributed by atoms with Gasteiger partial charge in [0.1, 0.15) is 0 Å². The zero-order valence-electron chi connectivity index (χ0n) is 9.35. The summed E-state index contributed by atoms with van der Waals surface area (Å²) < 4.78 is 2.78. The van der Waals surface area contributed by atoms with Gasteiger partial charge in [-0.1, -0.05) is 6.92 Å². The van der Waals surface area contributed by atoms with Crippen molar-refractivity contribution in [1.29, 1.82) is 0 Å². The van der Waals surface area contributed by atoms with Gasteiger partial charge in [-0.25, -0.2) is 4.79 Å². The van der Waals surface area contributed by atoms with E-state index in [4.69, 9.17) is 11.6 Å². The molecule has 0 saturated carbocycles. The quantitative estimate of drug-likeness (QED) is 0.722. The van der Waals surface area contributed by atoms with Gasteiger partial charge >= 0.3 is 5.69 Å². The lowest BCUT2D eigenvalue weighted by atomic mass is 10.2. The Kier molecular flexibility index (Phi) is 4.32. The minimum atomic E-state index is -0.151. The SMILES string of the molecule is CCCn1nnn(C(C)CC(C)Cl)c1=O. The van der Waals surface area contributed by atoms with Gasteiger partial charge in [0.2, 0.25) is 0 Å². The lowest BCUT2D eigenvalue weighted by molar-refractivity contribution is 0.434. The fraction of sp³-hybridized carbons (Fsp3) is 0.889. The third-order valence-electron chi connectivity index (χ3n) is 2.18. The summed E-state index contributed by atoms with van der Waals surface area (Å²) in [4.78, 5) is 11.7. The van der Waals surface area contributed by atoms with Crippen LogP contribution in [0.1, 0.15) is 39.7 Å². The molecule has 0 aromatic carbocycles. The fourth-order valence-corrected chi connectivity index (χ4v) is 1.74.